The van der Waals surface area contributed by atoms with Crippen molar-refractivity contribution < 1.29 is 27.5 Å². The molecule has 2 heterocycles. The molecule has 0 fully saturated rings. The van der Waals surface area contributed by atoms with Crippen LogP contribution in [0.5, 0.6) is 5.88 Å². The smallest absolute Gasteiger partial charge is 0.417 e. The summed E-state index contributed by atoms with van der Waals surface area (Å²) in [5.41, 5.74) is -0.647. The van der Waals surface area contributed by atoms with E-state index < -0.39 is 11.7 Å². The summed E-state index contributed by atoms with van der Waals surface area (Å²) in [5.74, 6) is -0.656. The van der Waals surface area contributed by atoms with E-state index in [4.69, 9.17) is 16.3 Å². The fourth-order valence-corrected chi connectivity index (χ4v) is 2.36. The third kappa shape index (κ3) is 6.87. The Morgan fingerprint density at radius 3 is 2.60 bits per heavy atom. The van der Waals surface area contributed by atoms with E-state index in [1.807, 2.05) is 0 Å². The number of ether oxygens (including phenoxy) is 1. The van der Waals surface area contributed by atoms with Crippen molar-refractivity contribution in [2.45, 2.75) is 26.4 Å². The molecule has 7 nitrogen and oxygen atoms in total. The van der Waals surface area contributed by atoms with Crippen LogP contribution in [0.1, 0.15) is 36.2 Å². The van der Waals surface area contributed by atoms with Crippen molar-refractivity contribution in [3.05, 3.63) is 46.7 Å². The van der Waals surface area contributed by atoms with E-state index in [2.05, 4.69) is 20.6 Å². The van der Waals surface area contributed by atoms with E-state index >= 15 is 0 Å². The Labute approximate surface area is 176 Å². The van der Waals surface area contributed by atoms with Gasteiger partial charge in [-0.1, -0.05) is 25.4 Å². The van der Waals surface area contributed by atoms with E-state index in [1.165, 1.54) is 18.3 Å². The second kappa shape index (κ2) is 10.2. The number of halogens is 4. The number of nitrogens with one attached hydrogen (secondary N) is 2. The number of pyridine rings is 2. The molecule has 0 unspecified atom stereocenters. The van der Waals surface area contributed by atoms with Gasteiger partial charge in [0, 0.05) is 30.4 Å². The third-order valence-electron chi connectivity index (χ3n) is 3.78. The van der Waals surface area contributed by atoms with Gasteiger partial charge >= 0.3 is 6.18 Å². The molecule has 162 valence electrons. The number of carbonyl (C=O) groups excluding carboxylic acids is 2. The zero-order chi connectivity index (χ0) is 22.3. The predicted molar refractivity (Wildman–Crippen MR) is 104 cm³/mol. The van der Waals surface area contributed by atoms with Gasteiger partial charge < -0.3 is 15.4 Å². The third-order valence-corrected chi connectivity index (χ3v) is 4.05. The summed E-state index contributed by atoms with van der Waals surface area (Å²) < 4.78 is 43.0. The number of amides is 2. The molecule has 2 aromatic heterocycles. The van der Waals surface area contributed by atoms with Gasteiger partial charge in [0.2, 0.25) is 11.8 Å². The summed E-state index contributed by atoms with van der Waals surface area (Å²) in [4.78, 5) is 31.5. The standard InChI is InChI=1S/C19H20ClF3N4O3/c1-11(2)16(28)27-15-8-12(4-6-24-15)17(29)25-5-3-7-30-18-14(20)9-13(10-26-18)19(21,22)23/h4,6,8-11H,3,5,7H2,1-2H3,(H,25,29)(H,24,27,28). The van der Waals surface area contributed by atoms with Crippen LogP contribution in [-0.2, 0) is 11.0 Å². The van der Waals surface area contributed by atoms with Crippen LogP contribution in [-0.4, -0.2) is 34.9 Å². The molecule has 0 saturated carbocycles. The Morgan fingerprint density at radius 1 is 1.23 bits per heavy atom. The van der Waals surface area contributed by atoms with E-state index in [0.29, 0.717) is 18.2 Å². The maximum absolute atomic E-state index is 12.6. The first-order valence-electron chi connectivity index (χ1n) is 8.98. The number of aromatic nitrogens is 2. The van der Waals surface area contributed by atoms with Crippen LogP contribution in [0.3, 0.4) is 0 Å². The van der Waals surface area contributed by atoms with Crippen molar-refractivity contribution in [3.63, 3.8) is 0 Å². The zero-order valence-corrected chi connectivity index (χ0v) is 17.0. The van der Waals surface area contributed by atoms with Gasteiger partial charge in [-0.2, -0.15) is 13.2 Å². The van der Waals surface area contributed by atoms with E-state index in [-0.39, 0.29) is 47.6 Å². The molecule has 2 rings (SSSR count). The lowest BCUT2D eigenvalue weighted by Gasteiger charge is -2.11. The van der Waals surface area contributed by atoms with Crippen molar-refractivity contribution in [1.82, 2.24) is 15.3 Å². The summed E-state index contributed by atoms with van der Waals surface area (Å²) in [6, 6.07) is 3.70. The number of hydrogen-bond acceptors (Lipinski definition) is 5. The van der Waals surface area contributed by atoms with Gasteiger partial charge in [-0.3, -0.25) is 9.59 Å². The highest BCUT2D eigenvalue weighted by molar-refractivity contribution is 6.31. The van der Waals surface area contributed by atoms with Crippen LogP contribution in [0, 0.1) is 5.92 Å². The first-order chi connectivity index (χ1) is 14.1. The Morgan fingerprint density at radius 2 is 1.97 bits per heavy atom. The lowest BCUT2D eigenvalue weighted by atomic mass is 10.2. The molecule has 2 N–H and O–H groups in total. The van der Waals surface area contributed by atoms with Gasteiger partial charge in [-0.05, 0) is 24.6 Å². The minimum Gasteiger partial charge on any atom is -0.477 e. The number of alkyl halides is 3. The quantitative estimate of drug-likeness (QED) is 0.601. The number of hydrogen-bond donors (Lipinski definition) is 2. The van der Waals surface area contributed by atoms with Crippen LogP contribution in [0.15, 0.2) is 30.6 Å². The van der Waals surface area contributed by atoms with Gasteiger partial charge in [0.25, 0.3) is 5.91 Å². The molecule has 0 aromatic carbocycles. The van der Waals surface area contributed by atoms with Crippen molar-refractivity contribution in [2.75, 3.05) is 18.5 Å². The average Bonchev–Trinajstić information content (AvgIpc) is 2.68. The van der Waals surface area contributed by atoms with Crippen molar-refractivity contribution in [2.24, 2.45) is 5.92 Å². The van der Waals surface area contributed by atoms with Crippen LogP contribution < -0.4 is 15.4 Å². The fraction of sp³-hybridized carbons (Fsp3) is 0.368. The highest BCUT2D eigenvalue weighted by atomic mass is 35.5. The van der Waals surface area contributed by atoms with Gasteiger partial charge in [0.15, 0.2) is 0 Å². The van der Waals surface area contributed by atoms with E-state index in [1.54, 1.807) is 13.8 Å². The van der Waals surface area contributed by atoms with Crippen LogP contribution in [0.2, 0.25) is 5.02 Å². The van der Waals surface area contributed by atoms with Gasteiger partial charge in [0.1, 0.15) is 10.8 Å². The summed E-state index contributed by atoms with van der Waals surface area (Å²) in [6.07, 6.45) is -2.12. The summed E-state index contributed by atoms with van der Waals surface area (Å²) >= 11 is 5.76. The minimum atomic E-state index is -4.54. The van der Waals surface area contributed by atoms with E-state index in [0.717, 1.165) is 6.07 Å². The predicted octanol–water partition coefficient (Wildman–Crippen LogP) is 3.94. The molecule has 2 amide bonds. The highest BCUT2D eigenvalue weighted by Gasteiger charge is 2.31. The first-order valence-corrected chi connectivity index (χ1v) is 9.36. The largest absolute Gasteiger partial charge is 0.477 e. The molecule has 0 saturated heterocycles. The summed E-state index contributed by atoms with van der Waals surface area (Å²) in [6.45, 7) is 3.81. The maximum atomic E-state index is 12.6. The van der Waals surface area contributed by atoms with Crippen molar-refractivity contribution in [1.29, 1.82) is 0 Å². The maximum Gasteiger partial charge on any atom is 0.417 e. The minimum absolute atomic E-state index is 0.0877. The van der Waals surface area contributed by atoms with Gasteiger partial charge in [0.05, 0.1) is 12.2 Å². The van der Waals surface area contributed by atoms with Crippen LogP contribution in [0.25, 0.3) is 0 Å². The fourth-order valence-electron chi connectivity index (χ4n) is 2.14. The SMILES string of the molecule is CC(C)C(=O)Nc1cc(C(=O)NCCCOc2ncc(C(F)(F)F)cc2Cl)ccn1. The van der Waals surface area contributed by atoms with E-state index in [9.17, 15) is 22.8 Å². The van der Waals surface area contributed by atoms with Crippen LogP contribution in [0.4, 0.5) is 19.0 Å². The number of nitrogens with zero attached hydrogens (tertiary/aromatic N) is 2. The lowest BCUT2D eigenvalue weighted by molar-refractivity contribution is -0.137. The topological polar surface area (TPSA) is 93.2 Å². The van der Waals surface area contributed by atoms with Crippen molar-refractivity contribution in [3.8, 4) is 5.88 Å². The highest BCUT2D eigenvalue weighted by Crippen LogP contribution is 2.33. The molecule has 30 heavy (non-hydrogen) atoms. The molecular weight excluding hydrogens is 425 g/mol. The summed E-state index contributed by atoms with van der Waals surface area (Å²) in [7, 11) is 0. The molecule has 0 radical (unpaired) electrons. The molecule has 0 aliphatic heterocycles. The number of anilines is 1. The Bertz CT molecular complexity index is 907. The Balaban J connectivity index is 1.80. The normalized spacial score (nSPS) is 11.3. The van der Waals surface area contributed by atoms with Gasteiger partial charge in [-0.25, -0.2) is 9.97 Å². The molecular formula is C19H20ClF3N4O3. The van der Waals surface area contributed by atoms with Crippen molar-refractivity contribution >= 4 is 29.2 Å². The molecule has 2 aromatic rings. The zero-order valence-electron chi connectivity index (χ0n) is 16.2. The molecule has 0 bridgehead atoms. The lowest BCUT2D eigenvalue weighted by Crippen LogP contribution is -2.26. The number of carbonyl (C=O) groups is 2. The first kappa shape index (κ1) is 23.4. The molecule has 11 heteroatoms. The second-order valence-electron chi connectivity index (χ2n) is 6.54. The Kier molecular flexibility index (Phi) is 7.99. The average molecular weight is 445 g/mol. The molecule has 0 aliphatic rings. The molecule has 0 atom stereocenters. The molecule has 0 spiro atoms. The number of rotatable bonds is 8. The Hall–Kier alpha value is -2.88. The molecule has 0 aliphatic carbocycles. The van der Waals surface area contributed by atoms with Gasteiger partial charge in [-0.15, -0.1) is 0 Å². The summed E-state index contributed by atoms with van der Waals surface area (Å²) in [5, 5.41) is 5.03. The van der Waals surface area contributed by atoms with Crippen LogP contribution >= 0.6 is 11.6 Å². The second-order valence-corrected chi connectivity index (χ2v) is 6.95. The monoisotopic (exact) mass is 444 g/mol.